The number of nitrogens with zero attached hydrogens (tertiary/aromatic N) is 2. The lowest BCUT2D eigenvalue weighted by atomic mass is 10.0. The van der Waals surface area contributed by atoms with Crippen molar-refractivity contribution >= 4 is 33.2 Å². The van der Waals surface area contributed by atoms with Gasteiger partial charge in [0.05, 0.1) is 4.90 Å². The number of primary amides is 1. The number of sulfonamides is 1. The number of halogens is 1. The smallest absolute Gasteiger partial charge is 0.244 e. The van der Waals surface area contributed by atoms with E-state index in [2.05, 4.69) is 24.0 Å². The molecule has 0 saturated heterocycles. The highest BCUT2D eigenvalue weighted by Gasteiger charge is 2.35. The van der Waals surface area contributed by atoms with E-state index in [9.17, 15) is 13.2 Å². The number of carbonyl (C=O) groups is 1. The molecule has 0 bridgehead atoms. The number of carbonyl (C=O) groups excluding carboxylic acids is 1. The topological polar surface area (TPSA) is 83.7 Å². The Hall–Kier alpha value is -2.09. The summed E-state index contributed by atoms with van der Waals surface area (Å²) in [6.45, 7) is 8.16. The van der Waals surface area contributed by atoms with Gasteiger partial charge in [-0.05, 0) is 66.6 Å². The third kappa shape index (κ3) is 6.08. The van der Waals surface area contributed by atoms with Crippen molar-refractivity contribution in [1.82, 2.24) is 4.31 Å². The van der Waals surface area contributed by atoms with Crippen molar-refractivity contribution in [3.05, 3.63) is 58.6 Å². The fourth-order valence-corrected chi connectivity index (χ4v) is 6.03. The lowest BCUT2D eigenvalue weighted by Gasteiger charge is -2.30. The number of hydrogen-bond acceptors (Lipinski definition) is 4. The van der Waals surface area contributed by atoms with Gasteiger partial charge in [0.25, 0.3) is 0 Å². The second kappa shape index (κ2) is 10.9. The minimum atomic E-state index is -3.98. The van der Waals surface area contributed by atoms with Crippen LogP contribution >= 0.6 is 11.6 Å². The van der Waals surface area contributed by atoms with Crippen LogP contribution in [-0.4, -0.2) is 37.8 Å². The monoisotopic (exact) mass is 491 g/mol. The largest absolute Gasteiger partial charge is 0.371 e. The van der Waals surface area contributed by atoms with E-state index in [1.54, 1.807) is 0 Å². The molecule has 8 heteroatoms. The minimum Gasteiger partial charge on any atom is -0.371 e. The first-order chi connectivity index (χ1) is 15.6. The van der Waals surface area contributed by atoms with Crippen LogP contribution in [0.15, 0.2) is 47.4 Å². The molecule has 1 atom stereocenters. The van der Waals surface area contributed by atoms with E-state index < -0.39 is 22.0 Å². The molecule has 0 aromatic heterocycles. The molecule has 0 saturated carbocycles. The second-order valence-electron chi connectivity index (χ2n) is 9.11. The Labute approximate surface area is 202 Å². The lowest BCUT2D eigenvalue weighted by molar-refractivity contribution is -0.122. The van der Waals surface area contributed by atoms with Crippen molar-refractivity contribution in [2.45, 2.75) is 63.9 Å². The molecule has 0 unspecified atom stereocenters. The van der Waals surface area contributed by atoms with Crippen LogP contribution in [0.5, 0.6) is 0 Å². The highest BCUT2D eigenvalue weighted by molar-refractivity contribution is 7.89. The Morgan fingerprint density at radius 1 is 1.18 bits per heavy atom. The third-order valence-electron chi connectivity index (χ3n) is 6.05. The van der Waals surface area contributed by atoms with Gasteiger partial charge in [-0.15, -0.1) is 0 Å². The molecule has 180 valence electrons. The van der Waals surface area contributed by atoms with Crippen LogP contribution in [0.2, 0.25) is 5.02 Å². The molecule has 3 rings (SSSR count). The average molecular weight is 492 g/mol. The number of fused-ring (bicyclic) bond motifs is 1. The van der Waals surface area contributed by atoms with E-state index in [0.29, 0.717) is 11.4 Å². The van der Waals surface area contributed by atoms with Crippen LogP contribution in [-0.2, 0) is 27.8 Å². The molecule has 1 heterocycles. The molecule has 0 radical (unpaired) electrons. The zero-order chi connectivity index (χ0) is 24.2. The summed E-state index contributed by atoms with van der Waals surface area (Å²) in [5.74, 6) is -0.550. The first kappa shape index (κ1) is 25.5. The summed E-state index contributed by atoms with van der Waals surface area (Å²) >= 11 is 5.96. The fraction of sp³-hybridized carbons (Fsp3) is 0.480. The number of amides is 1. The Morgan fingerprint density at radius 2 is 1.88 bits per heavy atom. The Morgan fingerprint density at radius 3 is 2.48 bits per heavy atom. The van der Waals surface area contributed by atoms with Crippen LogP contribution in [0.25, 0.3) is 0 Å². The zero-order valence-electron chi connectivity index (χ0n) is 19.6. The molecule has 2 aromatic carbocycles. The summed E-state index contributed by atoms with van der Waals surface area (Å²) in [7, 11) is -3.98. The van der Waals surface area contributed by atoms with Gasteiger partial charge in [0.15, 0.2) is 0 Å². The number of hydrogen-bond donors (Lipinski definition) is 1. The van der Waals surface area contributed by atoms with Crippen molar-refractivity contribution in [3.63, 3.8) is 0 Å². The molecule has 1 amide bonds. The number of unbranched alkanes of at least 4 members (excludes halogenated alkanes) is 1. The third-order valence-corrected chi connectivity index (χ3v) is 8.17. The summed E-state index contributed by atoms with van der Waals surface area (Å²) < 4.78 is 28.5. The van der Waals surface area contributed by atoms with E-state index in [4.69, 9.17) is 17.3 Å². The lowest BCUT2D eigenvalue weighted by Crippen LogP contribution is -2.48. The highest BCUT2D eigenvalue weighted by Crippen LogP contribution is 2.31. The summed E-state index contributed by atoms with van der Waals surface area (Å²) in [5, 5.41) is 0.445. The van der Waals surface area contributed by atoms with E-state index in [1.807, 2.05) is 19.9 Å². The first-order valence-corrected chi connectivity index (χ1v) is 13.4. The van der Waals surface area contributed by atoms with Crippen LogP contribution in [0, 0.1) is 5.92 Å². The normalized spacial score (nSPS) is 14.7. The maximum atomic E-state index is 13.6. The van der Waals surface area contributed by atoms with Crippen molar-refractivity contribution in [1.29, 1.82) is 0 Å². The molecule has 2 aromatic rings. The highest BCUT2D eigenvalue weighted by atomic mass is 35.5. The summed E-state index contributed by atoms with van der Waals surface area (Å²) in [5.41, 5.74) is 9.00. The quantitative estimate of drug-likeness (QED) is 0.498. The molecule has 6 nitrogen and oxygen atoms in total. The molecule has 1 aliphatic heterocycles. The summed E-state index contributed by atoms with van der Waals surface area (Å²) in [6.07, 6.45) is 3.57. The minimum absolute atomic E-state index is 0.0769. The van der Waals surface area contributed by atoms with Crippen LogP contribution in [0.3, 0.4) is 0 Å². The maximum Gasteiger partial charge on any atom is 0.244 e. The number of rotatable bonds is 11. The van der Waals surface area contributed by atoms with Gasteiger partial charge in [-0.25, -0.2) is 8.42 Å². The van der Waals surface area contributed by atoms with E-state index >= 15 is 0 Å². The van der Waals surface area contributed by atoms with Gasteiger partial charge in [-0.1, -0.05) is 50.9 Å². The molecule has 1 aliphatic rings. The van der Waals surface area contributed by atoms with E-state index in [0.717, 1.165) is 37.9 Å². The molecular formula is C25H34ClN3O3S. The Bertz CT molecular complexity index is 1070. The molecule has 0 fully saturated rings. The van der Waals surface area contributed by atoms with Crippen molar-refractivity contribution < 1.29 is 13.2 Å². The molecule has 0 aliphatic carbocycles. The van der Waals surface area contributed by atoms with Gasteiger partial charge >= 0.3 is 0 Å². The number of benzene rings is 2. The molecule has 33 heavy (non-hydrogen) atoms. The SMILES string of the molecule is CCCCN1CCc2cc(CN([C@H](CC(C)C)C(N)=O)S(=O)(=O)c3ccc(Cl)cc3)ccc21. The zero-order valence-corrected chi connectivity index (χ0v) is 21.2. The number of anilines is 1. The molecule has 0 spiro atoms. The predicted molar refractivity (Wildman–Crippen MR) is 134 cm³/mol. The van der Waals surface area contributed by atoms with Gasteiger partial charge in [0.2, 0.25) is 15.9 Å². The Balaban J connectivity index is 1.97. The van der Waals surface area contributed by atoms with Gasteiger partial charge in [-0.2, -0.15) is 4.31 Å². The predicted octanol–water partition coefficient (Wildman–Crippen LogP) is 4.59. The van der Waals surface area contributed by atoms with Crippen molar-refractivity contribution in [3.8, 4) is 0 Å². The van der Waals surface area contributed by atoms with Crippen LogP contribution in [0.1, 0.15) is 51.2 Å². The van der Waals surface area contributed by atoms with Gasteiger partial charge in [0, 0.05) is 30.3 Å². The first-order valence-electron chi connectivity index (χ1n) is 11.6. The van der Waals surface area contributed by atoms with Gasteiger partial charge < -0.3 is 10.6 Å². The van der Waals surface area contributed by atoms with E-state index in [1.165, 1.54) is 39.8 Å². The Kier molecular flexibility index (Phi) is 8.43. The van der Waals surface area contributed by atoms with Crippen molar-refractivity contribution in [2.75, 3.05) is 18.0 Å². The standard InChI is InChI=1S/C25H34ClN3O3S/c1-4-5-13-28-14-12-20-16-19(6-11-23(20)28)17-29(24(25(27)30)15-18(2)3)33(31,32)22-9-7-21(26)8-10-22/h6-11,16,18,24H,4-5,12-15,17H2,1-3H3,(H2,27,30)/t24-/m1/s1. The van der Waals surface area contributed by atoms with Gasteiger partial charge in [0.1, 0.15) is 6.04 Å². The van der Waals surface area contributed by atoms with Crippen LogP contribution in [0.4, 0.5) is 5.69 Å². The average Bonchev–Trinajstić information content (AvgIpc) is 3.16. The molecular weight excluding hydrogens is 458 g/mol. The second-order valence-corrected chi connectivity index (χ2v) is 11.4. The van der Waals surface area contributed by atoms with Crippen molar-refractivity contribution in [2.24, 2.45) is 11.7 Å². The van der Waals surface area contributed by atoms with Crippen LogP contribution < -0.4 is 10.6 Å². The van der Waals surface area contributed by atoms with E-state index in [-0.39, 0.29) is 17.4 Å². The molecule has 2 N–H and O–H groups in total. The maximum absolute atomic E-state index is 13.6. The number of nitrogens with two attached hydrogens (primary N) is 1. The fourth-order valence-electron chi connectivity index (χ4n) is 4.31. The summed E-state index contributed by atoms with van der Waals surface area (Å²) in [4.78, 5) is 14.9. The summed E-state index contributed by atoms with van der Waals surface area (Å²) in [6, 6.07) is 11.2. The van der Waals surface area contributed by atoms with Gasteiger partial charge in [-0.3, -0.25) is 4.79 Å².